The summed E-state index contributed by atoms with van der Waals surface area (Å²) >= 11 is 0. The Kier molecular flexibility index (Phi) is 6.16. The van der Waals surface area contributed by atoms with E-state index in [1.54, 1.807) is 0 Å². The minimum atomic E-state index is -0.0809. The summed E-state index contributed by atoms with van der Waals surface area (Å²) in [4.78, 5) is 14.8. The van der Waals surface area contributed by atoms with E-state index in [-0.39, 0.29) is 5.41 Å². The zero-order chi connectivity index (χ0) is 31.5. The molecule has 6 aromatic carbocycles. The molecule has 0 aliphatic heterocycles. The number of nitrogens with zero attached hydrogens (tertiary/aromatic N) is 3. The lowest BCUT2D eigenvalue weighted by Crippen LogP contribution is -2.15. The molecule has 0 unspecified atom stereocenters. The lowest BCUT2D eigenvalue weighted by atomic mass is 9.80. The molecule has 2 heterocycles. The molecule has 222 valence electrons. The molecule has 8 aromatic rings. The number of fused-ring (bicyclic) bond motifs is 6. The van der Waals surface area contributed by atoms with Gasteiger partial charge in [0, 0.05) is 22.7 Å². The summed E-state index contributed by atoms with van der Waals surface area (Å²) in [5, 5.41) is 4.92. The van der Waals surface area contributed by atoms with Gasteiger partial charge < -0.3 is 0 Å². The Bertz CT molecular complexity index is 2420. The van der Waals surface area contributed by atoms with Crippen molar-refractivity contribution >= 4 is 21.5 Å². The largest absolute Gasteiger partial charge is 0.255 e. The number of aromatic nitrogens is 3. The summed E-state index contributed by atoms with van der Waals surface area (Å²) < 4.78 is 0. The highest BCUT2D eigenvalue weighted by Gasteiger charge is 2.37. The van der Waals surface area contributed by atoms with Crippen molar-refractivity contribution in [2.24, 2.45) is 0 Å². The molecule has 9 rings (SSSR count). The second kappa shape index (κ2) is 10.6. The molecule has 0 radical (unpaired) electrons. The molecule has 1 aliphatic rings. The molecular weight excluding hydrogens is 571 g/mol. The number of hydrogen-bond acceptors (Lipinski definition) is 3. The van der Waals surface area contributed by atoms with E-state index in [1.165, 1.54) is 49.5 Å². The molecule has 1 aliphatic carbocycles. The molecule has 0 atom stereocenters. The van der Waals surface area contributed by atoms with E-state index in [0.29, 0.717) is 5.82 Å². The maximum atomic E-state index is 5.13. The monoisotopic (exact) mass is 601 g/mol. The zero-order valence-corrected chi connectivity index (χ0v) is 26.3. The summed E-state index contributed by atoms with van der Waals surface area (Å²) in [5.74, 6) is 0.686. The van der Waals surface area contributed by atoms with Gasteiger partial charge in [-0.15, -0.1) is 0 Å². The molecule has 0 N–H and O–H groups in total. The topological polar surface area (TPSA) is 38.7 Å². The Hall–Kier alpha value is -5.93. The lowest BCUT2D eigenvalue weighted by Gasteiger charge is -2.23. The van der Waals surface area contributed by atoms with Crippen LogP contribution in [0.4, 0.5) is 0 Å². The van der Waals surface area contributed by atoms with Gasteiger partial charge in [0.2, 0.25) is 0 Å². The molecule has 0 spiro atoms. The van der Waals surface area contributed by atoms with Gasteiger partial charge in [-0.25, -0.2) is 9.97 Å². The van der Waals surface area contributed by atoms with Crippen LogP contribution in [0.5, 0.6) is 0 Å². The first-order valence-electron chi connectivity index (χ1n) is 16.1. The standard InChI is InChI=1S/C44H31N3/c1-44(2)38-24-20-30(26-37(38)35-21-19-28-12-6-7-15-32(28)42(35)44)31-22-23-36(34-17-9-8-16-33(31)34)43-46-40(29-13-4-3-5-14-29)27-41(47-43)39-18-10-11-25-45-39/h3-27H,1-2H3. The van der Waals surface area contributed by atoms with Gasteiger partial charge in [-0.1, -0.05) is 129 Å². The van der Waals surface area contributed by atoms with E-state index >= 15 is 0 Å². The SMILES string of the molecule is CC1(C)c2ccc(-c3ccc(-c4nc(-c5ccccc5)cc(-c5ccccn5)n4)c4ccccc34)cc2-c2ccc3ccccc3c21. The summed E-state index contributed by atoms with van der Waals surface area (Å²) in [5.41, 5.74) is 12.3. The molecule has 0 fully saturated rings. The summed E-state index contributed by atoms with van der Waals surface area (Å²) in [6.45, 7) is 4.72. The van der Waals surface area contributed by atoms with Gasteiger partial charge in [0.15, 0.2) is 5.82 Å². The summed E-state index contributed by atoms with van der Waals surface area (Å²) in [6.07, 6.45) is 1.81. The highest BCUT2D eigenvalue weighted by molar-refractivity contribution is 6.05. The van der Waals surface area contributed by atoms with E-state index in [4.69, 9.17) is 9.97 Å². The second-order valence-electron chi connectivity index (χ2n) is 12.8. The third kappa shape index (κ3) is 4.39. The van der Waals surface area contributed by atoms with Gasteiger partial charge in [-0.2, -0.15) is 0 Å². The normalized spacial score (nSPS) is 13.1. The van der Waals surface area contributed by atoms with E-state index in [0.717, 1.165) is 33.6 Å². The number of benzene rings is 6. The Labute approximate surface area is 274 Å². The third-order valence-electron chi connectivity index (χ3n) is 9.74. The van der Waals surface area contributed by atoms with Crippen molar-refractivity contribution in [2.75, 3.05) is 0 Å². The Morgan fingerprint density at radius 1 is 0.447 bits per heavy atom. The van der Waals surface area contributed by atoms with Crippen LogP contribution in [0.1, 0.15) is 25.0 Å². The molecule has 3 nitrogen and oxygen atoms in total. The Morgan fingerprint density at radius 3 is 1.94 bits per heavy atom. The second-order valence-corrected chi connectivity index (χ2v) is 12.8. The molecule has 0 bridgehead atoms. The minimum absolute atomic E-state index is 0.0809. The highest BCUT2D eigenvalue weighted by Crippen LogP contribution is 2.52. The molecule has 0 amide bonds. The van der Waals surface area contributed by atoms with E-state index < -0.39 is 0 Å². The fourth-order valence-corrected chi connectivity index (χ4v) is 7.50. The van der Waals surface area contributed by atoms with Crippen LogP contribution in [0.3, 0.4) is 0 Å². The average Bonchev–Trinajstić information content (AvgIpc) is 3.37. The van der Waals surface area contributed by atoms with E-state index in [1.807, 2.05) is 48.7 Å². The van der Waals surface area contributed by atoms with E-state index in [2.05, 4.69) is 122 Å². The fourth-order valence-electron chi connectivity index (χ4n) is 7.50. The van der Waals surface area contributed by atoms with Crippen molar-refractivity contribution in [1.29, 1.82) is 0 Å². The van der Waals surface area contributed by atoms with Crippen LogP contribution in [0.15, 0.2) is 152 Å². The predicted molar refractivity (Wildman–Crippen MR) is 194 cm³/mol. The summed E-state index contributed by atoms with van der Waals surface area (Å²) in [6, 6.07) is 51.6. The number of rotatable bonds is 4. The third-order valence-corrected chi connectivity index (χ3v) is 9.74. The molecule has 0 saturated carbocycles. The van der Waals surface area contributed by atoms with Gasteiger partial charge in [0.25, 0.3) is 0 Å². The van der Waals surface area contributed by atoms with Crippen LogP contribution in [-0.4, -0.2) is 15.0 Å². The van der Waals surface area contributed by atoms with Crippen molar-refractivity contribution in [3.63, 3.8) is 0 Å². The molecule has 3 heteroatoms. The van der Waals surface area contributed by atoms with Gasteiger partial charge >= 0.3 is 0 Å². The maximum absolute atomic E-state index is 5.13. The maximum Gasteiger partial charge on any atom is 0.161 e. The molecule has 47 heavy (non-hydrogen) atoms. The van der Waals surface area contributed by atoms with Crippen LogP contribution in [-0.2, 0) is 5.41 Å². The molecular formula is C44H31N3. The highest BCUT2D eigenvalue weighted by atomic mass is 14.9. The van der Waals surface area contributed by atoms with Gasteiger partial charge in [0.05, 0.1) is 17.1 Å². The Balaban J connectivity index is 1.22. The number of pyridine rings is 1. The van der Waals surface area contributed by atoms with Gasteiger partial charge in [-0.05, 0) is 85.3 Å². The van der Waals surface area contributed by atoms with Crippen LogP contribution in [0.25, 0.3) is 77.8 Å². The van der Waals surface area contributed by atoms with Crippen molar-refractivity contribution < 1.29 is 0 Å². The fraction of sp³-hybridized carbons (Fsp3) is 0.0682. The first kappa shape index (κ1) is 27.4. The zero-order valence-electron chi connectivity index (χ0n) is 26.3. The molecule has 2 aromatic heterocycles. The van der Waals surface area contributed by atoms with Crippen LogP contribution < -0.4 is 0 Å². The molecule has 0 saturated heterocycles. The van der Waals surface area contributed by atoms with Crippen LogP contribution >= 0.6 is 0 Å². The smallest absolute Gasteiger partial charge is 0.161 e. The van der Waals surface area contributed by atoms with Crippen LogP contribution in [0.2, 0.25) is 0 Å². The first-order chi connectivity index (χ1) is 23.1. The Morgan fingerprint density at radius 2 is 1.13 bits per heavy atom. The lowest BCUT2D eigenvalue weighted by molar-refractivity contribution is 0.666. The van der Waals surface area contributed by atoms with Crippen molar-refractivity contribution in [1.82, 2.24) is 15.0 Å². The minimum Gasteiger partial charge on any atom is -0.255 e. The van der Waals surface area contributed by atoms with Crippen molar-refractivity contribution in [2.45, 2.75) is 19.3 Å². The van der Waals surface area contributed by atoms with Gasteiger partial charge in [-0.3, -0.25) is 4.98 Å². The van der Waals surface area contributed by atoms with Crippen molar-refractivity contribution in [3.8, 4) is 56.3 Å². The number of hydrogen-bond donors (Lipinski definition) is 0. The quantitative estimate of drug-likeness (QED) is 0.201. The first-order valence-corrected chi connectivity index (χ1v) is 16.1. The predicted octanol–water partition coefficient (Wildman–Crippen LogP) is 11.2. The average molecular weight is 602 g/mol. The van der Waals surface area contributed by atoms with E-state index in [9.17, 15) is 0 Å². The summed E-state index contributed by atoms with van der Waals surface area (Å²) in [7, 11) is 0. The van der Waals surface area contributed by atoms with Crippen molar-refractivity contribution in [3.05, 3.63) is 163 Å². The van der Waals surface area contributed by atoms with Gasteiger partial charge in [0.1, 0.15) is 0 Å². The van der Waals surface area contributed by atoms with Crippen LogP contribution in [0, 0.1) is 0 Å².